The molecule has 1 fully saturated rings. The van der Waals surface area contributed by atoms with Crippen LogP contribution >= 0.6 is 0 Å². The number of likely N-dealkylation sites (tertiary alicyclic amines) is 1. The molecule has 0 aromatic heterocycles. The molecule has 0 radical (unpaired) electrons. The van der Waals surface area contributed by atoms with E-state index in [1.54, 1.807) is 0 Å². The number of carboxylic acids is 1. The molecule has 9 heteroatoms. The predicted molar refractivity (Wildman–Crippen MR) is 52.9 cm³/mol. The molecule has 1 heterocycles. The van der Waals surface area contributed by atoms with E-state index in [1.165, 1.54) is 0 Å². The lowest BCUT2D eigenvalue weighted by molar-refractivity contribution is -0.149. The zero-order valence-corrected chi connectivity index (χ0v) is 9.35. The average molecular weight is 270 g/mol. The molecule has 0 aromatic rings. The zero-order valence-electron chi connectivity index (χ0n) is 9.35. The molecular weight excluding hydrogens is 257 g/mol. The van der Waals surface area contributed by atoms with Gasteiger partial charge in [0.15, 0.2) is 0 Å². The predicted octanol–water partition coefficient (Wildman–Crippen LogP) is 0.122. The molecule has 1 atom stereocenters. The van der Waals surface area contributed by atoms with Crippen LogP contribution in [0.1, 0.15) is 6.42 Å². The van der Waals surface area contributed by atoms with Crippen LogP contribution in [0.5, 0.6) is 0 Å². The first kappa shape index (κ1) is 14.6. The second-order valence-corrected chi connectivity index (χ2v) is 4.04. The Bertz CT molecular complexity index is 334. The maximum atomic E-state index is 12.2. The Morgan fingerprint density at radius 2 is 2.00 bits per heavy atom. The highest BCUT2D eigenvalue weighted by Gasteiger charge is 2.37. The van der Waals surface area contributed by atoms with Gasteiger partial charge >= 0.3 is 18.2 Å². The van der Waals surface area contributed by atoms with Crippen molar-refractivity contribution >= 4 is 12.0 Å². The van der Waals surface area contributed by atoms with Gasteiger partial charge in [-0.1, -0.05) is 0 Å². The molecule has 0 spiro atoms. The first-order valence-corrected chi connectivity index (χ1v) is 5.19. The van der Waals surface area contributed by atoms with Gasteiger partial charge in [0.05, 0.1) is 6.10 Å². The van der Waals surface area contributed by atoms with Gasteiger partial charge in [0.1, 0.15) is 13.1 Å². The summed E-state index contributed by atoms with van der Waals surface area (Å²) in [4.78, 5) is 23.4. The molecule has 1 aliphatic rings. The molecule has 0 bridgehead atoms. The van der Waals surface area contributed by atoms with Crippen molar-refractivity contribution in [1.29, 1.82) is 0 Å². The molecule has 1 rings (SSSR count). The third-order valence-corrected chi connectivity index (χ3v) is 2.40. The van der Waals surface area contributed by atoms with Gasteiger partial charge < -0.3 is 20.0 Å². The monoisotopic (exact) mass is 270 g/mol. The van der Waals surface area contributed by atoms with Gasteiger partial charge in [-0.3, -0.25) is 4.79 Å². The second-order valence-electron chi connectivity index (χ2n) is 4.04. The number of nitrogens with zero attached hydrogens (tertiary/aromatic N) is 2. The highest BCUT2D eigenvalue weighted by molar-refractivity contribution is 5.80. The van der Waals surface area contributed by atoms with E-state index in [1.807, 2.05) is 0 Å². The van der Waals surface area contributed by atoms with Crippen molar-refractivity contribution in [1.82, 2.24) is 9.80 Å². The summed E-state index contributed by atoms with van der Waals surface area (Å²) in [5.41, 5.74) is 0. The van der Waals surface area contributed by atoms with Gasteiger partial charge in [-0.25, -0.2) is 4.79 Å². The summed E-state index contributed by atoms with van der Waals surface area (Å²) in [5, 5.41) is 17.7. The number of rotatable bonds is 3. The first-order valence-electron chi connectivity index (χ1n) is 5.19. The maximum Gasteiger partial charge on any atom is 0.406 e. The van der Waals surface area contributed by atoms with Gasteiger partial charge in [-0.05, 0) is 6.42 Å². The zero-order chi connectivity index (χ0) is 13.9. The standard InChI is InChI=1S/C9H13F3N2O4/c10-9(11,12)5-14(4-7(16)17)8(18)13-2-1-6(15)3-13/h6,15H,1-5H2,(H,16,17). The highest BCUT2D eigenvalue weighted by atomic mass is 19.4. The van der Waals surface area contributed by atoms with E-state index in [-0.39, 0.29) is 24.4 Å². The number of amides is 2. The first-order chi connectivity index (χ1) is 8.19. The van der Waals surface area contributed by atoms with Gasteiger partial charge in [0.25, 0.3) is 0 Å². The van der Waals surface area contributed by atoms with E-state index in [2.05, 4.69) is 0 Å². The summed E-state index contributed by atoms with van der Waals surface area (Å²) in [6.07, 6.45) is -5.16. The van der Waals surface area contributed by atoms with Crippen molar-refractivity contribution in [3.8, 4) is 0 Å². The lowest BCUT2D eigenvalue weighted by atomic mass is 10.3. The Balaban J connectivity index is 2.69. The number of aliphatic carboxylic acids is 1. The van der Waals surface area contributed by atoms with Gasteiger partial charge in [0, 0.05) is 13.1 Å². The summed E-state index contributed by atoms with van der Waals surface area (Å²) in [5.74, 6) is -1.52. The Hall–Kier alpha value is -1.51. The molecule has 2 N–H and O–H groups in total. The summed E-state index contributed by atoms with van der Waals surface area (Å²) < 4.78 is 36.7. The average Bonchev–Trinajstić information content (AvgIpc) is 2.59. The lowest BCUT2D eigenvalue weighted by Gasteiger charge is -2.27. The van der Waals surface area contributed by atoms with Crippen molar-refractivity contribution in [2.45, 2.75) is 18.7 Å². The van der Waals surface area contributed by atoms with Gasteiger partial charge in [-0.15, -0.1) is 0 Å². The third kappa shape index (κ3) is 4.40. The van der Waals surface area contributed by atoms with Crippen LogP contribution < -0.4 is 0 Å². The molecule has 1 aliphatic heterocycles. The summed E-state index contributed by atoms with van der Waals surface area (Å²) in [6, 6.07) is -1.02. The van der Waals surface area contributed by atoms with E-state index >= 15 is 0 Å². The van der Waals surface area contributed by atoms with E-state index in [0.29, 0.717) is 0 Å². The fourth-order valence-corrected chi connectivity index (χ4v) is 1.69. The largest absolute Gasteiger partial charge is 0.480 e. The van der Waals surface area contributed by atoms with Crippen molar-refractivity contribution in [3.63, 3.8) is 0 Å². The molecule has 0 aliphatic carbocycles. The molecular formula is C9H13F3N2O4. The minimum absolute atomic E-state index is 0.0766. The molecule has 104 valence electrons. The minimum Gasteiger partial charge on any atom is -0.480 e. The number of hydrogen-bond acceptors (Lipinski definition) is 3. The number of alkyl halides is 3. The van der Waals surface area contributed by atoms with Crippen LogP contribution in [0, 0.1) is 0 Å². The Labute approximate surface area is 101 Å². The van der Waals surface area contributed by atoms with Crippen LogP contribution in [-0.2, 0) is 4.79 Å². The number of carbonyl (C=O) groups excluding carboxylic acids is 1. The lowest BCUT2D eigenvalue weighted by Crippen LogP contribution is -2.48. The van der Waals surface area contributed by atoms with Crippen molar-refractivity contribution in [2.24, 2.45) is 0 Å². The molecule has 1 unspecified atom stereocenters. The Morgan fingerprint density at radius 1 is 1.39 bits per heavy atom. The van der Waals surface area contributed by atoms with Crippen molar-refractivity contribution in [2.75, 3.05) is 26.2 Å². The molecule has 0 aromatic carbocycles. The number of carbonyl (C=O) groups is 2. The van der Waals surface area contributed by atoms with Crippen LogP contribution in [0.3, 0.4) is 0 Å². The smallest absolute Gasteiger partial charge is 0.406 e. The number of β-amino-alcohol motifs (C(OH)–C–C–N with tert-alkyl or cyclic N) is 1. The number of halogens is 3. The Kier molecular flexibility index (Phi) is 4.38. The van der Waals surface area contributed by atoms with Crippen molar-refractivity contribution < 1.29 is 33.0 Å². The van der Waals surface area contributed by atoms with Crippen LogP contribution in [-0.4, -0.2) is 70.5 Å². The van der Waals surface area contributed by atoms with Crippen molar-refractivity contribution in [3.05, 3.63) is 0 Å². The number of aliphatic hydroxyl groups is 1. The molecule has 0 saturated carbocycles. The molecule has 2 amide bonds. The molecule has 6 nitrogen and oxygen atoms in total. The Morgan fingerprint density at radius 3 is 2.39 bits per heavy atom. The fraction of sp³-hybridized carbons (Fsp3) is 0.778. The summed E-state index contributed by atoms with van der Waals surface area (Å²) in [6.45, 7) is -2.60. The molecule has 18 heavy (non-hydrogen) atoms. The molecule has 1 saturated heterocycles. The van der Waals surface area contributed by atoms with E-state index < -0.39 is 37.4 Å². The highest BCUT2D eigenvalue weighted by Crippen LogP contribution is 2.19. The number of urea groups is 1. The number of aliphatic hydroxyl groups excluding tert-OH is 1. The SMILES string of the molecule is O=C(O)CN(CC(F)(F)F)C(=O)N1CCC(O)C1. The normalized spacial score (nSPS) is 20.0. The van der Waals surface area contributed by atoms with Gasteiger partial charge in [0.2, 0.25) is 0 Å². The van der Waals surface area contributed by atoms with E-state index in [0.717, 1.165) is 4.90 Å². The topological polar surface area (TPSA) is 81.1 Å². The maximum absolute atomic E-state index is 12.2. The van der Waals surface area contributed by atoms with Gasteiger partial charge in [-0.2, -0.15) is 13.2 Å². The van der Waals surface area contributed by atoms with Crippen LogP contribution in [0.15, 0.2) is 0 Å². The third-order valence-electron chi connectivity index (χ3n) is 2.40. The summed E-state index contributed by atoms with van der Waals surface area (Å²) >= 11 is 0. The van der Waals surface area contributed by atoms with Crippen LogP contribution in [0.25, 0.3) is 0 Å². The van der Waals surface area contributed by atoms with E-state index in [4.69, 9.17) is 5.11 Å². The van der Waals surface area contributed by atoms with Crippen LogP contribution in [0.4, 0.5) is 18.0 Å². The fourth-order valence-electron chi connectivity index (χ4n) is 1.69. The van der Waals surface area contributed by atoms with E-state index in [9.17, 15) is 27.9 Å². The second kappa shape index (κ2) is 5.42. The van der Waals surface area contributed by atoms with Crippen LogP contribution in [0.2, 0.25) is 0 Å². The number of hydrogen-bond donors (Lipinski definition) is 2. The number of carboxylic acid groups (broad SMARTS) is 1. The summed E-state index contributed by atoms with van der Waals surface area (Å²) in [7, 11) is 0. The minimum atomic E-state index is -4.66. The quantitative estimate of drug-likeness (QED) is 0.763.